The number of halogens is 10. The van der Waals surface area contributed by atoms with E-state index in [9.17, 15) is 56.3 Å². The Morgan fingerprint density at radius 3 is 1.26 bits per heavy atom. The van der Waals surface area contributed by atoms with Gasteiger partial charge in [-0.25, -0.2) is 0 Å². The second-order valence-corrected chi connectivity index (χ2v) is 8.73. The monoisotopic (exact) mass is 567 g/mol. The number of alkyl halides is 10. The average Bonchev–Trinajstić information content (AvgIpc) is 2.45. The minimum atomic E-state index is -6.81. The van der Waals surface area contributed by atoms with Crippen molar-refractivity contribution in [3.8, 4) is 0 Å². The number of rotatable bonds is 3. The van der Waals surface area contributed by atoms with E-state index in [2.05, 4.69) is 0 Å². The fraction of sp³-hybridized carbons (Fsp3) is 0.400. The first-order valence-corrected chi connectivity index (χ1v) is 10.3. The van der Waals surface area contributed by atoms with Crippen LogP contribution in [0.3, 0.4) is 0 Å². The fourth-order valence-corrected chi connectivity index (χ4v) is 3.86. The Bertz CT molecular complexity index is 773. The minimum absolute atomic E-state index is 0.479. The Morgan fingerprint density at radius 1 is 0.741 bits per heavy atom. The number of sulfonamides is 2. The normalized spacial score (nSPS) is 13.6. The molecule has 0 fully saturated rings. The summed E-state index contributed by atoms with van der Waals surface area (Å²) in [5.41, 5.74) is -13.8. The van der Waals surface area contributed by atoms with E-state index < -0.39 is 51.1 Å². The number of para-hydroxylation sites is 1. The van der Waals surface area contributed by atoms with Gasteiger partial charge >= 0.3 is 37.2 Å². The lowest BCUT2D eigenvalue weighted by Gasteiger charge is -2.25. The third kappa shape index (κ3) is 6.84. The molecule has 0 N–H and O–H groups in total. The lowest BCUT2D eigenvalue weighted by molar-refractivity contribution is -0.102. The molecule has 0 atom stereocenters. The van der Waals surface area contributed by atoms with Crippen LogP contribution in [0.1, 0.15) is 0 Å². The highest BCUT2D eigenvalue weighted by atomic mass is 127. The first kappa shape index (κ1) is 26.0. The molecule has 158 valence electrons. The molecule has 0 radical (unpaired) electrons. The van der Waals surface area contributed by atoms with Gasteiger partial charge in [-0.15, -0.1) is 3.71 Å². The van der Waals surface area contributed by atoms with Crippen LogP contribution >= 0.6 is 22.6 Å². The second-order valence-electron chi connectivity index (χ2n) is 4.18. The van der Waals surface area contributed by atoms with Crippen molar-refractivity contribution in [2.75, 3.05) is 8.14 Å². The lowest BCUT2D eigenvalue weighted by atomic mass is 10.3. The molecular weight excluding hydrogens is 560 g/mol. The highest BCUT2D eigenvalue weighted by Gasteiger charge is 2.61. The number of nitrogens with zero attached hydrogens (tertiary/aromatic N) is 1. The second kappa shape index (κ2) is 8.58. The van der Waals surface area contributed by atoms with Crippen LogP contribution in [0.25, 0.3) is 0 Å². The molecule has 0 heterocycles. The zero-order valence-electron chi connectivity index (χ0n) is 12.3. The van der Waals surface area contributed by atoms with E-state index in [1.54, 1.807) is 0 Å². The molecule has 17 heteroatoms. The topological polar surface area (TPSA) is 71.5 Å². The molecule has 0 aliphatic heterocycles. The zero-order valence-corrected chi connectivity index (χ0v) is 16.1. The lowest BCUT2D eigenvalue weighted by Crippen LogP contribution is -2.49. The van der Waals surface area contributed by atoms with E-state index in [0.29, 0.717) is 12.1 Å². The Labute approximate surface area is 160 Å². The van der Waals surface area contributed by atoms with Crippen molar-refractivity contribution in [2.24, 2.45) is 0 Å². The third-order valence-electron chi connectivity index (χ3n) is 2.14. The quantitative estimate of drug-likeness (QED) is 0.313. The van der Waals surface area contributed by atoms with Crippen molar-refractivity contribution in [1.29, 1.82) is 0 Å². The summed E-state index contributed by atoms with van der Waals surface area (Å²) < 4.78 is 149. The van der Waals surface area contributed by atoms with Crippen molar-refractivity contribution in [3.63, 3.8) is 0 Å². The van der Waals surface area contributed by atoms with Gasteiger partial charge < -0.3 is 0 Å². The zero-order chi connectivity index (χ0) is 21.9. The molecule has 1 rings (SSSR count). The van der Waals surface area contributed by atoms with Crippen LogP contribution in [0.4, 0.5) is 45.2 Å². The van der Waals surface area contributed by atoms with Crippen LogP contribution in [0, 0.1) is 0 Å². The fourth-order valence-electron chi connectivity index (χ4n) is 1.14. The standard InChI is InChI=1S/C8H5F6NO4S2.C2H2F3I/c9-7(10,11)20(16,17)15(6-4-2-1-3-5-6)21(18,19)8(12,13)14;3-2(4,5)1-6/h1-5H;1H2. The predicted octanol–water partition coefficient (Wildman–Crippen LogP) is 4.18. The largest absolute Gasteiger partial charge is 0.517 e. The van der Waals surface area contributed by atoms with Gasteiger partial charge in [0.1, 0.15) is 0 Å². The highest BCUT2D eigenvalue weighted by molar-refractivity contribution is 14.1. The summed E-state index contributed by atoms with van der Waals surface area (Å²) in [4.78, 5) is 0. The van der Waals surface area contributed by atoms with Crippen LogP contribution in [0.2, 0.25) is 0 Å². The molecule has 0 amide bonds. The Morgan fingerprint density at radius 2 is 1.04 bits per heavy atom. The van der Waals surface area contributed by atoms with E-state index in [1.165, 1.54) is 22.6 Å². The maximum absolute atomic E-state index is 12.4. The summed E-state index contributed by atoms with van der Waals surface area (Å²) in [6.07, 6.45) is -3.97. The molecule has 0 aromatic heterocycles. The molecule has 5 nitrogen and oxygen atoms in total. The molecule has 0 saturated heterocycles. The summed E-state index contributed by atoms with van der Waals surface area (Å²) in [7, 11) is -13.6. The van der Waals surface area contributed by atoms with Crippen molar-refractivity contribution in [3.05, 3.63) is 30.3 Å². The van der Waals surface area contributed by atoms with Crippen LogP contribution in [-0.4, -0.2) is 38.5 Å². The van der Waals surface area contributed by atoms with E-state index >= 15 is 0 Å². The molecule has 27 heavy (non-hydrogen) atoms. The summed E-state index contributed by atoms with van der Waals surface area (Å²) in [6.45, 7) is 0. The van der Waals surface area contributed by atoms with Gasteiger partial charge in [-0.05, 0) is 12.1 Å². The van der Waals surface area contributed by atoms with Gasteiger partial charge in [0.2, 0.25) is 0 Å². The van der Waals surface area contributed by atoms with E-state index in [0.717, 1.165) is 18.2 Å². The van der Waals surface area contributed by atoms with Crippen molar-refractivity contribution >= 4 is 48.3 Å². The number of benzene rings is 1. The van der Waals surface area contributed by atoms with Crippen molar-refractivity contribution in [2.45, 2.75) is 17.2 Å². The highest BCUT2D eigenvalue weighted by Crippen LogP contribution is 2.38. The maximum atomic E-state index is 12.4. The van der Waals surface area contributed by atoms with Crippen molar-refractivity contribution < 1.29 is 56.3 Å². The predicted molar refractivity (Wildman–Crippen MR) is 83.8 cm³/mol. The molecule has 0 unspecified atom stereocenters. The van der Waals surface area contributed by atoms with Crippen LogP contribution < -0.4 is 3.71 Å². The Hall–Kier alpha value is -0.980. The molecule has 1 aromatic carbocycles. The Balaban J connectivity index is 0.000000972. The van der Waals surface area contributed by atoms with Crippen LogP contribution in [0.15, 0.2) is 30.3 Å². The van der Waals surface area contributed by atoms with E-state index in [4.69, 9.17) is 0 Å². The molecule has 0 aliphatic carbocycles. The maximum Gasteiger partial charge on any atom is 0.517 e. The van der Waals surface area contributed by atoms with Crippen LogP contribution in [0.5, 0.6) is 0 Å². The smallest absolute Gasteiger partial charge is 0.196 e. The van der Waals surface area contributed by atoms with Gasteiger partial charge in [0.05, 0.1) is 10.1 Å². The van der Waals surface area contributed by atoms with Gasteiger partial charge in [-0.2, -0.15) is 56.3 Å². The van der Waals surface area contributed by atoms with Gasteiger partial charge in [0.25, 0.3) is 0 Å². The summed E-state index contributed by atoms with van der Waals surface area (Å²) in [6, 6.07) is 3.85. The van der Waals surface area contributed by atoms with Gasteiger partial charge in [-0.1, -0.05) is 40.8 Å². The summed E-state index contributed by atoms with van der Waals surface area (Å²) in [5.74, 6) is 0. The van der Waals surface area contributed by atoms with Gasteiger partial charge in [0, 0.05) is 0 Å². The first-order valence-electron chi connectivity index (χ1n) is 5.90. The summed E-state index contributed by atoms with van der Waals surface area (Å²) >= 11 is 1.27. The van der Waals surface area contributed by atoms with E-state index in [1.807, 2.05) is 0 Å². The van der Waals surface area contributed by atoms with Gasteiger partial charge in [-0.3, -0.25) is 0 Å². The number of hydrogen-bond donors (Lipinski definition) is 0. The number of anilines is 1. The SMILES string of the molecule is FC(F)(F)CI.O=S(=O)(N(c1ccccc1)S(=O)(=O)C(F)(F)F)C(F)(F)F. The number of hydrogen-bond acceptors (Lipinski definition) is 4. The Kier molecular flexibility index (Phi) is 8.27. The van der Waals surface area contributed by atoms with E-state index in [-0.39, 0.29) is 0 Å². The van der Waals surface area contributed by atoms with Gasteiger partial charge in [0.15, 0.2) is 0 Å². The molecule has 1 aromatic rings. The molecular formula is C10H7F9INO4S2. The molecule has 0 saturated carbocycles. The molecule has 0 aliphatic rings. The third-order valence-corrected chi connectivity index (χ3v) is 6.65. The molecule has 0 spiro atoms. The summed E-state index contributed by atoms with van der Waals surface area (Å²) in [5, 5.41) is 0. The average molecular weight is 567 g/mol. The first-order chi connectivity index (χ1) is 11.8. The van der Waals surface area contributed by atoms with Crippen molar-refractivity contribution in [1.82, 2.24) is 0 Å². The van der Waals surface area contributed by atoms with Crippen LogP contribution in [-0.2, 0) is 20.0 Å². The molecule has 0 bridgehead atoms. The minimum Gasteiger partial charge on any atom is -0.196 e.